The quantitative estimate of drug-likeness (QED) is 0.375. The summed E-state index contributed by atoms with van der Waals surface area (Å²) in [7, 11) is 6.95. The van der Waals surface area contributed by atoms with Crippen molar-refractivity contribution in [2.24, 2.45) is 4.99 Å². The van der Waals surface area contributed by atoms with Crippen LogP contribution >= 0.6 is 32.9 Å². The van der Waals surface area contributed by atoms with E-state index in [0.717, 1.165) is 9.77 Å². The highest BCUT2D eigenvalue weighted by molar-refractivity contribution is 7.78. The minimum absolute atomic E-state index is 0.724. The maximum absolute atomic E-state index is 5.08. The summed E-state index contributed by atoms with van der Waals surface area (Å²) < 4.78 is 0.724. The predicted octanol–water partition coefficient (Wildman–Crippen LogP) is 3.21. The fourth-order valence-electron chi connectivity index (χ4n) is 0.654. The summed E-state index contributed by atoms with van der Waals surface area (Å²) in [5, 5.41) is 1.98. The van der Waals surface area contributed by atoms with E-state index in [9.17, 15) is 0 Å². The number of aromatic nitrogens is 1. The third-order valence-electron chi connectivity index (χ3n) is 1.17. The van der Waals surface area contributed by atoms with Crippen molar-refractivity contribution in [2.75, 3.05) is 14.1 Å². The zero-order valence-electron chi connectivity index (χ0n) is 7.93. The van der Waals surface area contributed by atoms with Crippen LogP contribution in [0.2, 0.25) is 0 Å². The Morgan fingerprint density at radius 3 is 3.07 bits per heavy atom. The maximum Gasteiger partial charge on any atom is 0.169 e. The van der Waals surface area contributed by atoms with Crippen molar-refractivity contribution in [1.29, 1.82) is 0 Å². The highest BCUT2D eigenvalue weighted by Gasteiger charge is 1.83. The maximum atomic E-state index is 5.08. The zero-order chi connectivity index (χ0) is 10.4. The lowest BCUT2D eigenvalue weighted by molar-refractivity contribution is 0.643. The lowest BCUT2D eigenvalue weighted by atomic mass is 10.6. The standard InChI is InChI=1S/C8H11N3S3/c1-11(2)6-9-7-4-3-5-13-14-8(12)10-7/h3-6H,1-2H3,(H,10,12). The van der Waals surface area contributed by atoms with Crippen LogP contribution in [0.1, 0.15) is 0 Å². The molecule has 1 aromatic rings. The van der Waals surface area contributed by atoms with E-state index in [-0.39, 0.29) is 0 Å². The first-order valence-corrected chi connectivity index (χ1v) is 6.52. The summed E-state index contributed by atoms with van der Waals surface area (Å²) in [5.74, 6) is 0.757. The van der Waals surface area contributed by atoms with Crippen LogP contribution in [0.5, 0.6) is 0 Å². The van der Waals surface area contributed by atoms with Crippen molar-refractivity contribution in [2.45, 2.75) is 0 Å². The first-order valence-electron chi connectivity index (χ1n) is 3.90. The number of aromatic amines is 1. The monoisotopic (exact) mass is 245 g/mol. The van der Waals surface area contributed by atoms with E-state index in [4.69, 9.17) is 12.2 Å². The van der Waals surface area contributed by atoms with E-state index in [2.05, 4.69) is 9.98 Å². The molecule has 0 aromatic carbocycles. The molecule has 0 saturated carbocycles. The highest BCUT2D eigenvalue weighted by atomic mass is 32.9. The Kier molecular flexibility index (Phi) is 4.78. The number of H-pyrrole nitrogens is 1. The van der Waals surface area contributed by atoms with Gasteiger partial charge in [0.2, 0.25) is 0 Å². The molecular formula is C8H11N3S3. The van der Waals surface area contributed by atoms with Crippen LogP contribution in [0.3, 0.4) is 0 Å². The largest absolute Gasteiger partial charge is 0.369 e. The van der Waals surface area contributed by atoms with E-state index in [1.54, 1.807) is 16.7 Å². The van der Waals surface area contributed by atoms with Crippen LogP contribution in [0, 0.1) is 3.95 Å². The molecular weight excluding hydrogens is 234 g/mol. The molecule has 1 rings (SSSR count). The average molecular weight is 245 g/mol. The van der Waals surface area contributed by atoms with Crippen LogP contribution in [-0.2, 0) is 0 Å². The molecule has 0 aliphatic heterocycles. The lowest BCUT2D eigenvalue weighted by Gasteiger charge is -2.01. The van der Waals surface area contributed by atoms with Crippen LogP contribution in [0.15, 0.2) is 22.5 Å². The minimum atomic E-state index is 0.724. The van der Waals surface area contributed by atoms with Gasteiger partial charge in [-0.2, -0.15) is 0 Å². The van der Waals surface area contributed by atoms with Crippen LogP contribution < -0.4 is 0 Å². The molecule has 0 fully saturated rings. The Hall–Kier alpha value is -0.720. The van der Waals surface area contributed by atoms with Gasteiger partial charge in [0.1, 0.15) is 5.82 Å². The summed E-state index contributed by atoms with van der Waals surface area (Å²) in [6.07, 6.45) is 1.73. The molecule has 1 heterocycles. The molecule has 0 bridgehead atoms. The molecule has 0 spiro atoms. The van der Waals surface area contributed by atoms with E-state index in [1.807, 2.05) is 36.5 Å². The zero-order valence-corrected chi connectivity index (χ0v) is 10.4. The third kappa shape index (κ3) is 4.50. The Balaban J connectivity index is 3.05. The van der Waals surface area contributed by atoms with Gasteiger partial charge in [0.15, 0.2) is 3.95 Å². The van der Waals surface area contributed by atoms with Crippen molar-refractivity contribution in [1.82, 2.24) is 9.88 Å². The summed E-state index contributed by atoms with van der Waals surface area (Å²) in [6, 6.07) is 3.83. The molecule has 0 unspecified atom stereocenters. The lowest BCUT2D eigenvalue weighted by Crippen LogP contribution is -2.06. The number of nitrogens with zero attached hydrogens (tertiary/aromatic N) is 2. The van der Waals surface area contributed by atoms with E-state index >= 15 is 0 Å². The van der Waals surface area contributed by atoms with Gasteiger partial charge in [-0.3, -0.25) is 0 Å². The summed E-state index contributed by atoms with van der Waals surface area (Å²) in [5.41, 5.74) is 0. The molecule has 0 amide bonds. The number of hydrogen-bond acceptors (Lipinski definition) is 4. The number of nitrogens with one attached hydrogen (secondary N) is 1. The molecule has 0 aliphatic carbocycles. The molecule has 1 aromatic heterocycles. The highest BCUT2D eigenvalue weighted by Crippen LogP contribution is 2.08. The Morgan fingerprint density at radius 1 is 1.57 bits per heavy atom. The van der Waals surface area contributed by atoms with E-state index in [0.29, 0.717) is 0 Å². The molecule has 0 atom stereocenters. The van der Waals surface area contributed by atoms with Gasteiger partial charge < -0.3 is 9.88 Å². The normalized spacial score (nSPS) is 10.1. The van der Waals surface area contributed by atoms with Crippen LogP contribution in [0.4, 0.5) is 5.82 Å². The van der Waals surface area contributed by atoms with Gasteiger partial charge in [-0.15, -0.1) is 0 Å². The summed E-state index contributed by atoms with van der Waals surface area (Å²) in [6.45, 7) is 0. The second kappa shape index (κ2) is 5.90. The van der Waals surface area contributed by atoms with Gasteiger partial charge in [0.25, 0.3) is 0 Å². The molecule has 6 heteroatoms. The van der Waals surface area contributed by atoms with Gasteiger partial charge in [-0.25, -0.2) is 4.99 Å². The van der Waals surface area contributed by atoms with Crippen LogP contribution in [0.25, 0.3) is 0 Å². The fourth-order valence-corrected chi connectivity index (χ4v) is 2.29. The Bertz CT molecular complexity index is 398. The second-order valence-corrected chi connectivity index (χ2v) is 5.46. The minimum Gasteiger partial charge on any atom is -0.369 e. The van der Waals surface area contributed by atoms with Crippen molar-refractivity contribution in [3.63, 3.8) is 0 Å². The molecule has 0 aliphatic rings. The third-order valence-corrected chi connectivity index (χ3v) is 3.58. The number of rotatable bonds is 2. The molecule has 0 radical (unpaired) electrons. The van der Waals surface area contributed by atoms with Gasteiger partial charge in [-0.1, -0.05) is 20.7 Å². The van der Waals surface area contributed by atoms with E-state index in [1.165, 1.54) is 10.3 Å². The van der Waals surface area contributed by atoms with Gasteiger partial charge >= 0.3 is 0 Å². The number of aliphatic imine (C=N–C) groups is 1. The SMILES string of the molecule is CN(C)C=Nc1cccssc(=S)[nH]1. The average Bonchev–Trinajstić information content (AvgIpc) is 2.08. The molecule has 14 heavy (non-hydrogen) atoms. The Morgan fingerprint density at radius 2 is 2.36 bits per heavy atom. The van der Waals surface area contributed by atoms with Gasteiger partial charge in [0, 0.05) is 19.5 Å². The second-order valence-electron chi connectivity index (χ2n) is 2.68. The summed E-state index contributed by atoms with van der Waals surface area (Å²) >= 11 is 5.08. The van der Waals surface area contributed by atoms with E-state index < -0.39 is 0 Å². The first kappa shape index (κ1) is 11.4. The van der Waals surface area contributed by atoms with Crippen LogP contribution in [-0.4, -0.2) is 30.3 Å². The first-order chi connectivity index (χ1) is 6.68. The molecule has 0 saturated heterocycles. The predicted molar refractivity (Wildman–Crippen MR) is 66.8 cm³/mol. The molecule has 1 N–H and O–H groups in total. The molecule has 76 valence electrons. The smallest absolute Gasteiger partial charge is 0.169 e. The summed E-state index contributed by atoms with van der Waals surface area (Å²) in [4.78, 5) is 9.13. The number of hydrogen-bond donors (Lipinski definition) is 1. The van der Waals surface area contributed by atoms with Gasteiger partial charge in [0.05, 0.1) is 6.34 Å². The fraction of sp³-hybridized carbons (Fsp3) is 0.250. The van der Waals surface area contributed by atoms with Gasteiger partial charge in [-0.05, 0) is 24.4 Å². The van der Waals surface area contributed by atoms with Crippen molar-refractivity contribution < 1.29 is 0 Å². The molecule has 3 nitrogen and oxygen atoms in total. The van der Waals surface area contributed by atoms with Crippen molar-refractivity contribution in [3.8, 4) is 0 Å². The van der Waals surface area contributed by atoms with Crippen molar-refractivity contribution in [3.05, 3.63) is 21.5 Å². The van der Waals surface area contributed by atoms with Crippen molar-refractivity contribution >= 4 is 45.1 Å². The Labute approximate surface area is 95.5 Å². The topological polar surface area (TPSA) is 31.4 Å².